The molecule has 0 radical (unpaired) electrons. The van der Waals surface area contributed by atoms with E-state index in [2.05, 4.69) is 0 Å². The highest BCUT2D eigenvalue weighted by molar-refractivity contribution is 7.95. The topological polar surface area (TPSA) is 101 Å². The van der Waals surface area contributed by atoms with Crippen molar-refractivity contribution in [2.45, 2.75) is 11.3 Å². The molecule has 2 fully saturated rings. The number of amides is 2. The number of nitrogens with zero attached hydrogens (tertiary/aromatic N) is 1. The van der Waals surface area contributed by atoms with Crippen LogP contribution in [0.15, 0.2) is 0 Å². The van der Waals surface area contributed by atoms with Gasteiger partial charge in [0.15, 0.2) is 9.84 Å². The van der Waals surface area contributed by atoms with E-state index in [9.17, 15) is 21.6 Å². The molecule has 2 aliphatic heterocycles. The standard InChI is InChI=1S/C6H10N2O5S2/c1-8-4-2-14(10,11)3-5(4)15(12,13)7-6(8)9/h4-5H,2-3H2,1H3,(H,7,9)/t4-,5-/m0/s1. The Hall–Kier alpha value is -0.830. The Labute approximate surface area is 87.4 Å². The molecule has 0 aliphatic carbocycles. The van der Waals surface area contributed by atoms with Crippen molar-refractivity contribution < 1.29 is 21.6 Å². The molecule has 0 unspecified atom stereocenters. The summed E-state index contributed by atoms with van der Waals surface area (Å²) >= 11 is 0. The molecule has 7 nitrogen and oxygen atoms in total. The summed E-state index contributed by atoms with van der Waals surface area (Å²) in [6.07, 6.45) is 0. The average molecular weight is 254 g/mol. The zero-order chi connectivity index (χ0) is 11.4. The Kier molecular flexibility index (Phi) is 2.03. The molecule has 2 heterocycles. The van der Waals surface area contributed by atoms with Gasteiger partial charge in [-0.15, -0.1) is 0 Å². The number of nitrogens with one attached hydrogen (secondary N) is 1. The van der Waals surface area contributed by atoms with Crippen LogP contribution in [0.5, 0.6) is 0 Å². The lowest BCUT2D eigenvalue weighted by Crippen LogP contribution is -2.60. The molecule has 9 heteroatoms. The minimum Gasteiger partial charge on any atom is -0.322 e. The monoisotopic (exact) mass is 254 g/mol. The third kappa shape index (κ3) is 1.59. The number of sulfone groups is 1. The summed E-state index contributed by atoms with van der Waals surface area (Å²) in [7, 11) is -5.81. The van der Waals surface area contributed by atoms with Crippen molar-refractivity contribution in [3.8, 4) is 0 Å². The van der Waals surface area contributed by atoms with Gasteiger partial charge in [-0.05, 0) is 0 Å². The summed E-state index contributed by atoms with van der Waals surface area (Å²) in [4.78, 5) is 12.3. The smallest absolute Gasteiger partial charge is 0.322 e. The summed E-state index contributed by atoms with van der Waals surface area (Å²) in [5, 5.41) is -1.04. The number of hydrogen-bond donors (Lipinski definition) is 1. The zero-order valence-corrected chi connectivity index (χ0v) is 9.51. The van der Waals surface area contributed by atoms with E-state index in [-0.39, 0.29) is 5.75 Å². The van der Waals surface area contributed by atoms with Gasteiger partial charge in [0, 0.05) is 7.05 Å². The van der Waals surface area contributed by atoms with Gasteiger partial charge in [-0.25, -0.2) is 26.4 Å². The van der Waals surface area contributed by atoms with Crippen LogP contribution in [-0.2, 0) is 19.9 Å². The number of carbonyl (C=O) groups excluding carboxylic acids is 1. The molecule has 2 rings (SSSR count). The second-order valence-electron chi connectivity index (χ2n) is 3.75. The summed E-state index contributed by atoms with van der Waals surface area (Å²) in [5.41, 5.74) is 0. The fourth-order valence-electron chi connectivity index (χ4n) is 1.87. The van der Waals surface area contributed by atoms with Crippen molar-refractivity contribution in [1.82, 2.24) is 9.62 Å². The molecule has 0 spiro atoms. The van der Waals surface area contributed by atoms with Crippen LogP contribution in [-0.4, -0.2) is 57.6 Å². The quantitative estimate of drug-likeness (QED) is 0.546. The summed E-state index contributed by atoms with van der Waals surface area (Å²) < 4.78 is 47.4. The average Bonchev–Trinajstić information content (AvgIpc) is 2.38. The van der Waals surface area contributed by atoms with Crippen molar-refractivity contribution in [2.24, 2.45) is 0 Å². The molecule has 0 aromatic rings. The molecular weight excluding hydrogens is 244 g/mol. The van der Waals surface area contributed by atoms with Gasteiger partial charge >= 0.3 is 6.03 Å². The lowest BCUT2D eigenvalue weighted by atomic mass is 10.2. The Bertz CT molecular complexity index is 508. The van der Waals surface area contributed by atoms with Crippen molar-refractivity contribution in [3.63, 3.8) is 0 Å². The molecule has 15 heavy (non-hydrogen) atoms. The molecule has 2 atom stereocenters. The highest BCUT2D eigenvalue weighted by Gasteiger charge is 2.52. The molecule has 0 aromatic carbocycles. The van der Waals surface area contributed by atoms with Crippen molar-refractivity contribution in [3.05, 3.63) is 0 Å². The van der Waals surface area contributed by atoms with E-state index >= 15 is 0 Å². The van der Waals surface area contributed by atoms with Crippen LogP contribution in [0.25, 0.3) is 0 Å². The van der Waals surface area contributed by atoms with Gasteiger partial charge in [0.05, 0.1) is 17.5 Å². The van der Waals surface area contributed by atoms with Gasteiger partial charge in [0.1, 0.15) is 5.25 Å². The number of hydrogen-bond acceptors (Lipinski definition) is 5. The van der Waals surface area contributed by atoms with Crippen LogP contribution in [0, 0.1) is 0 Å². The van der Waals surface area contributed by atoms with Crippen LogP contribution in [0.1, 0.15) is 0 Å². The first-order chi connectivity index (χ1) is 6.73. The maximum absolute atomic E-state index is 11.5. The number of fused-ring (bicyclic) bond motifs is 1. The third-order valence-electron chi connectivity index (χ3n) is 2.72. The van der Waals surface area contributed by atoms with E-state index in [0.717, 1.165) is 4.90 Å². The van der Waals surface area contributed by atoms with Gasteiger partial charge in [-0.2, -0.15) is 0 Å². The SMILES string of the molecule is CN1C(=O)NS(=O)(=O)[C@H]2CS(=O)(=O)C[C@@H]21. The maximum atomic E-state index is 11.5. The fraction of sp³-hybridized carbons (Fsp3) is 0.833. The Balaban J connectivity index is 2.48. The first kappa shape index (κ1) is 10.7. The Morgan fingerprint density at radius 2 is 1.87 bits per heavy atom. The molecule has 0 saturated carbocycles. The predicted octanol–water partition coefficient (Wildman–Crippen LogP) is -1.86. The number of rotatable bonds is 0. The second kappa shape index (κ2) is 2.85. The lowest BCUT2D eigenvalue weighted by molar-refractivity contribution is 0.196. The molecule has 2 saturated heterocycles. The van der Waals surface area contributed by atoms with Crippen molar-refractivity contribution in [2.75, 3.05) is 18.6 Å². The molecule has 2 aliphatic rings. The number of sulfonamides is 1. The normalized spacial score (nSPS) is 37.1. The lowest BCUT2D eigenvalue weighted by Gasteiger charge is -2.33. The van der Waals surface area contributed by atoms with E-state index in [1.807, 2.05) is 4.72 Å². The minimum atomic E-state index is -3.83. The van der Waals surface area contributed by atoms with Gasteiger partial charge in [0.25, 0.3) is 0 Å². The Morgan fingerprint density at radius 1 is 1.27 bits per heavy atom. The van der Waals surface area contributed by atoms with Crippen LogP contribution in [0.4, 0.5) is 4.79 Å². The van der Waals surface area contributed by atoms with E-state index in [1.54, 1.807) is 0 Å². The van der Waals surface area contributed by atoms with E-state index in [4.69, 9.17) is 0 Å². The first-order valence-electron chi connectivity index (χ1n) is 4.22. The van der Waals surface area contributed by atoms with Crippen molar-refractivity contribution >= 4 is 25.9 Å². The largest absolute Gasteiger partial charge is 0.331 e. The minimum absolute atomic E-state index is 0.277. The molecular formula is C6H10N2O5S2. The van der Waals surface area contributed by atoms with Crippen LogP contribution >= 0.6 is 0 Å². The van der Waals surface area contributed by atoms with Gasteiger partial charge in [-0.1, -0.05) is 0 Å². The van der Waals surface area contributed by atoms with Gasteiger partial charge in [-0.3, -0.25) is 0 Å². The van der Waals surface area contributed by atoms with E-state index in [0.29, 0.717) is 0 Å². The maximum Gasteiger partial charge on any atom is 0.331 e. The summed E-state index contributed by atoms with van der Waals surface area (Å²) in [5.74, 6) is -0.689. The second-order valence-corrected chi connectivity index (χ2v) is 7.80. The molecule has 86 valence electrons. The van der Waals surface area contributed by atoms with Crippen LogP contribution in [0.2, 0.25) is 0 Å². The Morgan fingerprint density at radius 3 is 2.47 bits per heavy atom. The summed E-state index contributed by atoms with van der Waals surface area (Å²) in [6, 6.07) is -1.53. The molecule has 1 N–H and O–H groups in total. The first-order valence-corrected chi connectivity index (χ1v) is 7.58. The number of carbonyl (C=O) groups is 1. The summed E-state index contributed by atoms with van der Waals surface area (Å²) in [6.45, 7) is 0. The van der Waals surface area contributed by atoms with Crippen molar-refractivity contribution in [1.29, 1.82) is 0 Å². The molecule has 2 amide bonds. The van der Waals surface area contributed by atoms with Gasteiger partial charge in [0.2, 0.25) is 10.0 Å². The highest BCUT2D eigenvalue weighted by Crippen LogP contribution is 2.26. The van der Waals surface area contributed by atoms with Crippen LogP contribution < -0.4 is 4.72 Å². The predicted molar refractivity (Wildman–Crippen MR) is 51.4 cm³/mol. The van der Waals surface area contributed by atoms with E-state index < -0.39 is 42.9 Å². The fourth-order valence-corrected chi connectivity index (χ4v) is 6.40. The molecule has 0 bridgehead atoms. The van der Waals surface area contributed by atoms with Crippen LogP contribution in [0.3, 0.4) is 0 Å². The third-order valence-corrected chi connectivity index (χ3v) is 6.38. The van der Waals surface area contributed by atoms with Gasteiger partial charge < -0.3 is 4.90 Å². The van der Waals surface area contributed by atoms with E-state index in [1.165, 1.54) is 7.05 Å². The molecule has 0 aromatic heterocycles. The highest BCUT2D eigenvalue weighted by atomic mass is 32.2. The zero-order valence-electron chi connectivity index (χ0n) is 7.87. The number of urea groups is 1.